The van der Waals surface area contributed by atoms with Crippen LogP contribution in [-0.2, 0) is 4.79 Å². The van der Waals surface area contributed by atoms with E-state index < -0.39 is 0 Å². The quantitative estimate of drug-likeness (QED) is 0.774. The van der Waals surface area contributed by atoms with Gasteiger partial charge in [-0.3, -0.25) is 4.79 Å². The van der Waals surface area contributed by atoms with Crippen LogP contribution in [0, 0.1) is 0 Å². The second kappa shape index (κ2) is 4.44. The summed E-state index contributed by atoms with van der Waals surface area (Å²) in [5.74, 6) is 0.553. The summed E-state index contributed by atoms with van der Waals surface area (Å²) in [5, 5.41) is 3.67. The maximum Gasteiger partial charge on any atom is 0.222 e. The van der Waals surface area contributed by atoms with E-state index in [1.54, 1.807) is 17.3 Å². The van der Waals surface area contributed by atoms with Crippen molar-refractivity contribution in [1.29, 1.82) is 0 Å². The fraction of sp³-hybridized carbons (Fsp3) is 0.444. The predicted molar refractivity (Wildman–Crippen MR) is 56.7 cm³/mol. The molecular weight excluding hydrogens is 216 g/mol. The third-order valence-electron chi connectivity index (χ3n) is 2.32. The Morgan fingerprint density at radius 1 is 1.53 bits per heavy atom. The number of likely N-dealkylation sites (tertiary alicyclic amines) is 1. The summed E-state index contributed by atoms with van der Waals surface area (Å²) in [5.41, 5.74) is 0. The van der Waals surface area contributed by atoms with Crippen molar-refractivity contribution in [2.24, 2.45) is 0 Å². The van der Waals surface area contributed by atoms with E-state index >= 15 is 0 Å². The van der Waals surface area contributed by atoms with E-state index in [1.807, 2.05) is 0 Å². The molecule has 1 aliphatic heterocycles. The van der Waals surface area contributed by atoms with Gasteiger partial charge in [-0.15, -0.1) is 0 Å². The van der Waals surface area contributed by atoms with Crippen LogP contribution in [0.1, 0.15) is 6.42 Å². The van der Waals surface area contributed by atoms with Crippen LogP contribution >= 0.6 is 11.6 Å². The van der Waals surface area contributed by atoms with Gasteiger partial charge < -0.3 is 10.2 Å². The Labute approximate surface area is 92.5 Å². The summed E-state index contributed by atoms with van der Waals surface area (Å²) in [6.45, 7) is 1.49. The molecule has 5 nitrogen and oxygen atoms in total. The molecule has 0 bridgehead atoms. The second-order valence-corrected chi connectivity index (χ2v) is 3.89. The minimum atomic E-state index is 0.233. The van der Waals surface area contributed by atoms with Crippen LogP contribution < -0.4 is 5.32 Å². The average Bonchev–Trinajstić information content (AvgIpc) is 2.69. The molecule has 1 saturated heterocycles. The Morgan fingerprint density at radius 3 is 2.87 bits per heavy atom. The number of hydrogen-bond donors (Lipinski definition) is 1. The molecule has 0 radical (unpaired) electrons. The molecule has 0 unspecified atom stereocenters. The van der Waals surface area contributed by atoms with E-state index in [9.17, 15) is 4.79 Å². The van der Waals surface area contributed by atoms with E-state index in [1.165, 1.54) is 0 Å². The molecule has 2 rings (SSSR count). The Morgan fingerprint density at radius 2 is 2.27 bits per heavy atom. The third kappa shape index (κ3) is 2.56. The van der Waals surface area contributed by atoms with Gasteiger partial charge in [0, 0.05) is 19.1 Å². The smallest absolute Gasteiger partial charge is 0.222 e. The molecule has 0 aliphatic carbocycles. The highest BCUT2D eigenvalue weighted by atomic mass is 35.5. The van der Waals surface area contributed by atoms with Gasteiger partial charge >= 0.3 is 0 Å². The number of rotatable bonds is 3. The lowest BCUT2D eigenvalue weighted by molar-refractivity contribution is -0.117. The van der Waals surface area contributed by atoms with Crippen LogP contribution in [0.25, 0.3) is 0 Å². The van der Waals surface area contributed by atoms with Gasteiger partial charge in [0.2, 0.25) is 12.4 Å². The van der Waals surface area contributed by atoms with Crippen LogP contribution in [0.3, 0.4) is 0 Å². The number of nitrogens with zero attached hydrogens (tertiary/aromatic N) is 3. The number of hydrogen-bond acceptors (Lipinski definition) is 4. The summed E-state index contributed by atoms with van der Waals surface area (Å²) >= 11 is 5.67. The molecule has 0 spiro atoms. The first-order valence-corrected chi connectivity index (χ1v) is 5.09. The number of anilines is 1. The number of amides is 1. The topological polar surface area (TPSA) is 58.1 Å². The number of carbonyl (C=O) groups is 1. The summed E-state index contributed by atoms with van der Waals surface area (Å²) < 4.78 is 0. The van der Waals surface area contributed by atoms with Gasteiger partial charge in [0.25, 0.3) is 0 Å². The molecule has 1 fully saturated rings. The lowest BCUT2D eigenvalue weighted by Crippen LogP contribution is -2.25. The largest absolute Gasteiger partial charge is 0.350 e. The molecular formula is C9H11ClN4O. The van der Waals surface area contributed by atoms with Gasteiger partial charge in [0.05, 0.1) is 17.4 Å². The van der Waals surface area contributed by atoms with Crippen LogP contribution in [0.15, 0.2) is 12.4 Å². The first kappa shape index (κ1) is 10.2. The number of nitrogens with one attached hydrogen (secondary N) is 1. The Kier molecular flexibility index (Phi) is 3.01. The molecule has 0 saturated carbocycles. The standard InChI is InChI=1S/C9H11ClN4O/c10-7-3-11-9(12-4-7)13-8-1-2-14(5-8)6-15/h3-4,6,8H,1-2,5H2,(H,11,12,13)/t8-/m1/s1. The zero-order chi connectivity index (χ0) is 10.7. The molecule has 6 heteroatoms. The highest BCUT2D eigenvalue weighted by Gasteiger charge is 2.21. The zero-order valence-electron chi connectivity index (χ0n) is 8.06. The maximum atomic E-state index is 10.5. The van der Waals surface area contributed by atoms with Gasteiger partial charge in [0.15, 0.2) is 0 Å². The first-order valence-electron chi connectivity index (χ1n) is 4.71. The monoisotopic (exact) mass is 226 g/mol. The minimum Gasteiger partial charge on any atom is -0.350 e. The van der Waals surface area contributed by atoms with Crippen LogP contribution in [0.5, 0.6) is 0 Å². The molecule has 1 atom stereocenters. The van der Waals surface area contributed by atoms with Gasteiger partial charge in [-0.2, -0.15) is 0 Å². The summed E-state index contributed by atoms with van der Waals surface area (Å²) in [7, 11) is 0. The second-order valence-electron chi connectivity index (χ2n) is 3.46. The van der Waals surface area contributed by atoms with Crippen molar-refractivity contribution in [2.45, 2.75) is 12.5 Å². The highest BCUT2D eigenvalue weighted by Crippen LogP contribution is 2.12. The third-order valence-corrected chi connectivity index (χ3v) is 2.52. The van der Waals surface area contributed by atoms with Crippen LogP contribution in [-0.4, -0.2) is 40.4 Å². The number of aromatic nitrogens is 2. The number of carbonyl (C=O) groups excluding carboxylic acids is 1. The summed E-state index contributed by atoms with van der Waals surface area (Å²) in [4.78, 5) is 20.3. The van der Waals surface area contributed by atoms with E-state index in [0.717, 1.165) is 19.4 Å². The minimum absolute atomic E-state index is 0.233. The summed E-state index contributed by atoms with van der Waals surface area (Å²) in [6.07, 6.45) is 4.88. The Balaban J connectivity index is 1.92. The van der Waals surface area contributed by atoms with E-state index in [2.05, 4.69) is 15.3 Å². The lowest BCUT2D eigenvalue weighted by Gasteiger charge is -2.12. The molecule has 1 aliphatic rings. The Hall–Kier alpha value is -1.36. The fourth-order valence-electron chi connectivity index (χ4n) is 1.57. The van der Waals surface area contributed by atoms with Crippen molar-refractivity contribution in [2.75, 3.05) is 18.4 Å². The molecule has 80 valence electrons. The van der Waals surface area contributed by atoms with Gasteiger partial charge in [-0.05, 0) is 6.42 Å². The maximum absolute atomic E-state index is 10.5. The van der Waals surface area contributed by atoms with Crippen molar-refractivity contribution in [1.82, 2.24) is 14.9 Å². The van der Waals surface area contributed by atoms with Crippen molar-refractivity contribution >= 4 is 24.0 Å². The van der Waals surface area contributed by atoms with Crippen LogP contribution in [0.4, 0.5) is 5.95 Å². The molecule has 1 amide bonds. The first-order chi connectivity index (χ1) is 7.28. The van der Waals surface area contributed by atoms with E-state index in [0.29, 0.717) is 17.5 Å². The van der Waals surface area contributed by atoms with Crippen molar-refractivity contribution < 1.29 is 4.79 Å². The highest BCUT2D eigenvalue weighted by molar-refractivity contribution is 6.30. The molecule has 1 aromatic rings. The van der Waals surface area contributed by atoms with Gasteiger partial charge in [-0.1, -0.05) is 11.6 Å². The van der Waals surface area contributed by atoms with Gasteiger partial charge in [-0.25, -0.2) is 9.97 Å². The molecule has 1 N–H and O–H groups in total. The molecule has 0 aromatic carbocycles. The van der Waals surface area contributed by atoms with Gasteiger partial charge in [0.1, 0.15) is 0 Å². The molecule has 2 heterocycles. The normalized spacial score (nSPS) is 20.3. The predicted octanol–water partition coefficient (Wildman–Crippen LogP) is 0.773. The van der Waals surface area contributed by atoms with E-state index in [4.69, 9.17) is 11.6 Å². The van der Waals surface area contributed by atoms with Crippen molar-refractivity contribution in [3.05, 3.63) is 17.4 Å². The summed E-state index contributed by atoms with van der Waals surface area (Å²) in [6, 6.07) is 0.233. The Bertz CT molecular complexity index is 342. The number of halogens is 1. The average molecular weight is 227 g/mol. The fourth-order valence-corrected chi connectivity index (χ4v) is 1.67. The zero-order valence-corrected chi connectivity index (χ0v) is 8.81. The van der Waals surface area contributed by atoms with E-state index in [-0.39, 0.29) is 6.04 Å². The lowest BCUT2D eigenvalue weighted by atomic mass is 10.3. The van der Waals surface area contributed by atoms with Crippen molar-refractivity contribution in [3.63, 3.8) is 0 Å². The SMILES string of the molecule is O=CN1CC[C@@H](Nc2ncc(Cl)cn2)C1. The van der Waals surface area contributed by atoms with Crippen LogP contribution in [0.2, 0.25) is 5.02 Å². The van der Waals surface area contributed by atoms with Crippen molar-refractivity contribution in [3.8, 4) is 0 Å². The molecule has 1 aromatic heterocycles. The molecule has 15 heavy (non-hydrogen) atoms.